The summed E-state index contributed by atoms with van der Waals surface area (Å²) in [5.74, 6) is 3.10. The van der Waals surface area contributed by atoms with Crippen molar-refractivity contribution in [1.82, 2.24) is 0 Å². The van der Waals surface area contributed by atoms with Crippen LogP contribution in [0, 0.1) is 23.2 Å². The second-order valence-corrected chi connectivity index (χ2v) is 9.57. The standard InChI is InChI=1S/C23H29NO5/c1-14(22(26)24-18-2-3-19-20(9-18)28-5-4-27-19)29-21(25)13-23-10-15-6-16(11-23)8-17(7-15)12-23/h2-3,9,14-17H,4-8,10-13H2,1H3,(H,24,26)/t14-,15?,16?,17?,23?/m1/s1. The minimum atomic E-state index is -0.829. The molecule has 0 radical (unpaired) electrons. The van der Waals surface area contributed by atoms with Crippen molar-refractivity contribution >= 4 is 17.6 Å². The smallest absolute Gasteiger partial charge is 0.307 e. The molecule has 4 fully saturated rings. The molecule has 1 N–H and O–H groups in total. The fourth-order valence-corrected chi connectivity index (χ4v) is 6.47. The minimum Gasteiger partial charge on any atom is -0.486 e. The van der Waals surface area contributed by atoms with E-state index in [1.165, 1.54) is 19.3 Å². The van der Waals surface area contributed by atoms with Gasteiger partial charge in [-0.05, 0) is 80.8 Å². The Bertz CT molecular complexity index is 784. The summed E-state index contributed by atoms with van der Waals surface area (Å²) in [6.45, 7) is 2.64. The number of amides is 1. The van der Waals surface area contributed by atoms with Crippen molar-refractivity contribution in [2.75, 3.05) is 18.5 Å². The Balaban J connectivity index is 1.16. The van der Waals surface area contributed by atoms with E-state index in [0.29, 0.717) is 36.8 Å². The van der Waals surface area contributed by atoms with Gasteiger partial charge < -0.3 is 19.5 Å². The number of esters is 1. The van der Waals surface area contributed by atoms with Crippen LogP contribution in [0.4, 0.5) is 5.69 Å². The third kappa shape index (κ3) is 3.81. The lowest BCUT2D eigenvalue weighted by Gasteiger charge is -2.56. The molecule has 1 amide bonds. The van der Waals surface area contributed by atoms with E-state index in [-0.39, 0.29) is 17.3 Å². The Kier molecular flexibility index (Phi) is 4.67. The molecule has 1 heterocycles. The van der Waals surface area contributed by atoms with Crippen molar-refractivity contribution in [2.24, 2.45) is 23.2 Å². The molecule has 0 aromatic heterocycles. The number of rotatable bonds is 5. The molecule has 6 rings (SSSR count). The summed E-state index contributed by atoms with van der Waals surface area (Å²) in [5.41, 5.74) is 0.723. The number of nitrogens with one attached hydrogen (secondary N) is 1. The molecule has 5 aliphatic rings. The maximum Gasteiger partial charge on any atom is 0.307 e. The molecule has 6 nitrogen and oxygen atoms in total. The van der Waals surface area contributed by atoms with E-state index in [4.69, 9.17) is 14.2 Å². The Morgan fingerprint density at radius 3 is 2.34 bits per heavy atom. The monoisotopic (exact) mass is 399 g/mol. The molecule has 4 bridgehead atoms. The summed E-state index contributed by atoms with van der Waals surface area (Å²) in [6.07, 6.45) is 7.15. The fraction of sp³-hybridized carbons (Fsp3) is 0.652. The third-order valence-corrected chi connectivity index (χ3v) is 7.17. The first-order chi connectivity index (χ1) is 14.0. The van der Waals surface area contributed by atoms with Gasteiger partial charge in [0.1, 0.15) is 13.2 Å². The van der Waals surface area contributed by atoms with E-state index >= 15 is 0 Å². The zero-order valence-electron chi connectivity index (χ0n) is 16.9. The zero-order chi connectivity index (χ0) is 20.0. The first-order valence-corrected chi connectivity index (χ1v) is 10.9. The molecule has 1 aromatic rings. The topological polar surface area (TPSA) is 73.9 Å². The molecule has 0 unspecified atom stereocenters. The van der Waals surface area contributed by atoms with E-state index in [9.17, 15) is 9.59 Å². The number of carbonyl (C=O) groups excluding carboxylic acids is 2. The van der Waals surface area contributed by atoms with Gasteiger partial charge in [-0.3, -0.25) is 9.59 Å². The van der Waals surface area contributed by atoms with Crippen LogP contribution in [-0.4, -0.2) is 31.2 Å². The van der Waals surface area contributed by atoms with Gasteiger partial charge in [0, 0.05) is 11.8 Å². The van der Waals surface area contributed by atoms with Crippen molar-refractivity contribution in [2.45, 2.75) is 58.0 Å². The van der Waals surface area contributed by atoms with Crippen LogP contribution in [0.3, 0.4) is 0 Å². The van der Waals surface area contributed by atoms with Crippen LogP contribution in [-0.2, 0) is 14.3 Å². The third-order valence-electron chi connectivity index (χ3n) is 7.17. The molecule has 1 atom stereocenters. The summed E-state index contributed by atoms with van der Waals surface area (Å²) in [7, 11) is 0. The Labute approximate surface area is 171 Å². The number of carbonyl (C=O) groups is 2. The van der Waals surface area contributed by atoms with Gasteiger partial charge in [-0.2, -0.15) is 0 Å². The highest BCUT2D eigenvalue weighted by Gasteiger charge is 2.51. The Morgan fingerprint density at radius 1 is 1.07 bits per heavy atom. The lowest BCUT2D eigenvalue weighted by molar-refractivity contribution is -0.160. The van der Waals surface area contributed by atoms with Crippen molar-refractivity contribution in [3.8, 4) is 11.5 Å². The van der Waals surface area contributed by atoms with Gasteiger partial charge in [0.05, 0.1) is 6.42 Å². The molecule has 29 heavy (non-hydrogen) atoms. The van der Waals surface area contributed by atoms with Crippen molar-refractivity contribution in [1.29, 1.82) is 0 Å². The van der Waals surface area contributed by atoms with Crippen LogP contribution >= 0.6 is 0 Å². The van der Waals surface area contributed by atoms with E-state index in [0.717, 1.165) is 37.0 Å². The number of anilines is 1. The van der Waals surface area contributed by atoms with Gasteiger partial charge >= 0.3 is 5.97 Å². The minimum absolute atomic E-state index is 0.123. The van der Waals surface area contributed by atoms with Gasteiger partial charge in [0.25, 0.3) is 5.91 Å². The summed E-state index contributed by atoms with van der Waals surface area (Å²) >= 11 is 0. The summed E-state index contributed by atoms with van der Waals surface area (Å²) < 4.78 is 16.6. The van der Waals surface area contributed by atoms with Gasteiger partial charge in [-0.15, -0.1) is 0 Å². The second-order valence-electron chi connectivity index (χ2n) is 9.57. The molecule has 1 aliphatic heterocycles. The van der Waals surface area contributed by atoms with Gasteiger partial charge in [-0.1, -0.05) is 0 Å². The van der Waals surface area contributed by atoms with Crippen LogP contribution in [0.5, 0.6) is 11.5 Å². The van der Waals surface area contributed by atoms with Crippen molar-refractivity contribution < 1.29 is 23.8 Å². The van der Waals surface area contributed by atoms with Crippen molar-refractivity contribution in [3.05, 3.63) is 18.2 Å². The van der Waals surface area contributed by atoms with Crippen LogP contribution < -0.4 is 14.8 Å². The highest BCUT2D eigenvalue weighted by atomic mass is 16.6. The first-order valence-electron chi connectivity index (χ1n) is 10.9. The zero-order valence-corrected chi connectivity index (χ0v) is 16.9. The quantitative estimate of drug-likeness (QED) is 0.760. The maximum atomic E-state index is 12.6. The van der Waals surface area contributed by atoms with E-state index in [1.54, 1.807) is 25.1 Å². The van der Waals surface area contributed by atoms with E-state index < -0.39 is 6.10 Å². The average Bonchev–Trinajstić information content (AvgIpc) is 2.66. The predicted octanol–water partition coefficient (Wildman–Crippen LogP) is 3.93. The Morgan fingerprint density at radius 2 is 1.69 bits per heavy atom. The molecule has 0 saturated heterocycles. The largest absolute Gasteiger partial charge is 0.486 e. The van der Waals surface area contributed by atoms with E-state index in [1.807, 2.05) is 0 Å². The highest BCUT2D eigenvalue weighted by molar-refractivity contribution is 5.95. The Hall–Kier alpha value is -2.24. The number of benzene rings is 1. The van der Waals surface area contributed by atoms with Crippen molar-refractivity contribution in [3.63, 3.8) is 0 Å². The highest BCUT2D eigenvalue weighted by Crippen LogP contribution is 2.61. The molecule has 4 aliphatic carbocycles. The average molecular weight is 399 g/mol. The van der Waals surface area contributed by atoms with Crippen LogP contribution in [0.25, 0.3) is 0 Å². The van der Waals surface area contributed by atoms with Gasteiger partial charge in [0.2, 0.25) is 0 Å². The van der Waals surface area contributed by atoms with E-state index in [2.05, 4.69) is 5.32 Å². The summed E-state index contributed by atoms with van der Waals surface area (Å²) in [6, 6.07) is 5.26. The lowest BCUT2D eigenvalue weighted by Crippen LogP contribution is -2.47. The molecule has 1 aromatic carbocycles. The SMILES string of the molecule is C[C@@H](OC(=O)CC12CC3CC(CC(C3)C1)C2)C(=O)Nc1ccc2c(c1)OCCO2. The summed E-state index contributed by atoms with van der Waals surface area (Å²) in [5, 5.41) is 2.80. The second kappa shape index (κ2) is 7.22. The molecular weight excluding hydrogens is 370 g/mol. The number of hydrogen-bond donors (Lipinski definition) is 1. The molecule has 0 spiro atoms. The van der Waals surface area contributed by atoms with Crippen LogP contribution in [0.1, 0.15) is 51.9 Å². The predicted molar refractivity (Wildman–Crippen MR) is 107 cm³/mol. The molecule has 4 saturated carbocycles. The number of fused-ring (bicyclic) bond motifs is 1. The first kappa shape index (κ1) is 18.8. The summed E-state index contributed by atoms with van der Waals surface area (Å²) in [4.78, 5) is 25.2. The van der Waals surface area contributed by atoms with Gasteiger partial charge in [0.15, 0.2) is 17.6 Å². The molecular formula is C23H29NO5. The van der Waals surface area contributed by atoms with Gasteiger partial charge in [-0.25, -0.2) is 0 Å². The fourth-order valence-electron chi connectivity index (χ4n) is 6.47. The number of hydrogen-bond acceptors (Lipinski definition) is 5. The van der Waals surface area contributed by atoms with Crippen LogP contribution in [0.2, 0.25) is 0 Å². The molecule has 156 valence electrons. The number of ether oxygens (including phenoxy) is 3. The normalized spacial score (nSPS) is 32.5. The lowest BCUT2D eigenvalue weighted by atomic mass is 9.49. The maximum absolute atomic E-state index is 12.6. The molecule has 6 heteroatoms. The van der Waals surface area contributed by atoms with Crippen LogP contribution in [0.15, 0.2) is 18.2 Å².